The van der Waals surface area contributed by atoms with E-state index in [1.54, 1.807) is 12.3 Å². The molecule has 0 unspecified atom stereocenters. The Morgan fingerprint density at radius 3 is 2.46 bits per heavy atom. The van der Waals surface area contributed by atoms with Crippen molar-refractivity contribution in [3.8, 4) is 0 Å². The number of hydrogen-bond donors (Lipinski definition) is 0. The van der Waals surface area contributed by atoms with Crippen LogP contribution in [0.3, 0.4) is 0 Å². The van der Waals surface area contributed by atoms with Crippen LogP contribution in [0.25, 0.3) is 0 Å². The minimum absolute atomic E-state index is 0.0356. The first-order valence-electron chi connectivity index (χ1n) is 9.39. The summed E-state index contributed by atoms with van der Waals surface area (Å²) in [5.74, 6) is 0.0356. The number of nitrogens with zero attached hydrogens (tertiary/aromatic N) is 3. The standard InChI is InChI=1S/C21H25N3O2/c25-21(20-8-4-5-11-22-20)23-15-19(16-23)24(18-9-12-26-13-10-18)14-17-6-2-1-3-7-17/h1-8,11,18-19H,9-10,12-16H2. The van der Waals surface area contributed by atoms with Gasteiger partial charge in [0.15, 0.2) is 0 Å². The van der Waals surface area contributed by atoms with Gasteiger partial charge in [-0.05, 0) is 30.5 Å². The number of aromatic nitrogens is 1. The quantitative estimate of drug-likeness (QED) is 0.831. The van der Waals surface area contributed by atoms with Gasteiger partial charge in [0.1, 0.15) is 5.69 Å². The molecule has 5 nitrogen and oxygen atoms in total. The summed E-state index contributed by atoms with van der Waals surface area (Å²) in [5, 5.41) is 0. The number of likely N-dealkylation sites (tertiary alicyclic amines) is 1. The Morgan fingerprint density at radius 2 is 1.77 bits per heavy atom. The number of amides is 1. The van der Waals surface area contributed by atoms with Gasteiger partial charge in [-0.3, -0.25) is 14.7 Å². The highest BCUT2D eigenvalue weighted by Gasteiger charge is 2.38. The molecule has 0 atom stereocenters. The van der Waals surface area contributed by atoms with E-state index in [1.807, 2.05) is 17.0 Å². The Morgan fingerprint density at radius 1 is 1.04 bits per heavy atom. The van der Waals surface area contributed by atoms with Crippen LogP contribution in [0.15, 0.2) is 54.7 Å². The number of ether oxygens (including phenoxy) is 1. The molecule has 1 amide bonds. The summed E-state index contributed by atoms with van der Waals surface area (Å²) >= 11 is 0. The van der Waals surface area contributed by atoms with E-state index in [4.69, 9.17) is 4.74 Å². The molecule has 2 saturated heterocycles. The first-order chi connectivity index (χ1) is 12.8. The van der Waals surface area contributed by atoms with Gasteiger partial charge >= 0.3 is 0 Å². The molecule has 0 radical (unpaired) electrons. The molecule has 2 aliphatic heterocycles. The van der Waals surface area contributed by atoms with Crippen molar-refractivity contribution >= 4 is 5.91 Å². The molecule has 0 spiro atoms. The lowest BCUT2D eigenvalue weighted by Gasteiger charge is -2.49. The van der Waals surface area contributed by atoms with Gasteiger partial charge in [0, 0.05) is 51.1 Å². The predicted octanol–water partition coefficient (Wildman–Crippen LogP) is 2.59. The van der Waals surface area contributed by atoms with Crippen molar-refractivity contribution in [2.75, 3.05) is 26.3 Å². The molecule has 1 aromatic carbocycles. The fraction of sp³-hybridized carbons (Fsp3) is 0.429. The molecule has 0 N–H and O–H groups in total. The van der Waals surface area contributed by atoms with E-state index in [9.17, 15) is 4.79 Å². The maximum absolute atomic E-state index is 12.6. The van der Waals surface area contributed by atoms with Crippen LogP contribution in [0.2, 0.25) is 0 Å². The van der Waals surface area contributed by atoms with Crippen LogP contribution < -0.4 is 0 Å². The first-order valence-corrected chi connectivity index (χ1v) is 9.39. The molecule has 0 bridgehead atoms. The zero-order valence-electron chi connectivity index (χ0n) is 15.0. The number of carbonyl (C=O) groups excluding carboxylic acids is 1. The van der Waals surface area contributed by atoms with E-state index in [0.717, 1.165) is 45.7 Å². The van der Waals surface area contributed by atoms with Crippen LogP contribution >= 0.6 is 0 Å². The fourth-order valence-corrected chi connectivity index (χ4v) is 3.85. The molecule has 1 aromatic heterocycles. The smallest absolute Gasteiger partial charge is 0.272 e. The second-order valence-corrected chi connectivity index (χ2v) is 7.08. The summed E-state index contributed by atoms with van der Waals surface area (Å²) in [7, 11) is 0. The van der Waals surface area contributed by atoms with E-state index in [-0.39, 0.29) is 5.91 Å². The molecule has 4 rings (SSSR count). The largest absolute Gasteiger partial charge is 0.381 e. The molecule has 3 heterocycles. The van der Waals surface area contributed by atoms with Gasteiger partial charge in [0.2, 0.25) is 0 Å². The lowest BCUT2D eigenvalue weighted by molar-refractivity contribution is -0.0290. The first kappa shape index (κ1) is 17.2. The Kier molecular flexibility index (Phi) is 5.27. The molecule has 5 heteroatoms. The third-order valence-corrected chi connectivity index (χ3v) is 5.37. The summed E-state index contributed by atoms with van der Waals surface area (Å²) in [5.41, 5.74) is 1.86. The van der Waals surface area contributed by atoms with Crippen molar-refractivity contribution in [2.45, 2.75) is 31.5 Å². The number of hydrogen-bond acceptors (Lipinski definition) is 4. The normalized spacial score (nSPS) is 18.7. The van der Waals surface area contributed by atoms with Crippen LogP contribution in [0.4, 0.5) is 0 Å². The Balaban J connectivity index is 1.43. The highest BCUT2D eigenvalue weighted by molar-refractivity contribution is 5.92. The maximum atomic E-state index is 12.6. The van der Waals surface area contributed by atoms with E-state index in [1.165, 1.54) is 5.56 Å². The van der Waals surface area contributed by atoms with Crippen LogP contribution in [0.1, 0.15) is 28.9 Å². The van der Waals surface area contributed by atoms with E-state index < -0.39 is 0 Å². The molecular formula is C21H25N3O2. The van der Waals surface area contributed by atoms with Gasteiger partial charge in [-0.1, -0.05) is 36.4 Å². The van der Waals surface area contributed by atoms with Gasteiger partial charge in [-0.2, -0.15) is 0 Å². The van der Waals surface area contributed by atoms with Crippen molar-refractivity contribution in [1.82, 2.24) is 14.8 Å². The van der Waals surface area contributed by atoms with Crippen molar-refractivity contribution < 1.29 is 9.53 Å². The topological polar surface area (TPSA) is 45.7 Å². The summed E-state index contributed by atoms with van der Waals surface area (Å²) in [6.07, 6.45) is 3.81. The Bertz CT molecular complexity index is 711. The number of benzene rings is 1. The minimum Gasteiger partial charge on any atom is -0.381 e. The molecule has 2 aromatic rings. The van der Waals surface area contributed by atoms with E-state index in [2.05, 4.69) is 40.2 Å². The van der Waals surface area contributed by atoms with Crippen molar-refractivity contribution in [2.24, 2.45) is 0 Å². The van der Waals surface area contributed by atoms with Gasteiger partial charge in [-0.25, -0.2) is 0 Å². The second kappa shape index (κ2) is 7.98. The molecule has 2 aliphatic rings. The SMILES string of the molecule is O=C(c1ccccn1)N1CC(N(Cc2ccccc2)C2CCOCC2)C1. The lowest BCUT2D eigenvalue weighted by Crippen LogP contribution is -2.63. The summed E-state index contributed by atoms with van der Waals surface area (Å²) in [6.45, 7) is 4.15. The van der Waals surface area contributed by atoms with E-state index in [0.29, 0.717) is 17.8 Å². The highest BCUT2D eigenvalue weighted by Crippen LogP contribution is 2.26. The molecular weight excluding hydrogens is 326 g/mol. The summed E-state index contributed by atoms with van der Waals surface area (Å²) in [6, 6.07) is 17.0. The third-order valence-electron chi connectivity index (χ3n) is 5.37. The van der Waals surface area contributed by atoms with Gasteiger partial charge in [-0.15, -0.1) is 0 Å². The third kappa shape index (κ3) is 3.79. The summed E-state index contributed by atoms with van der Waals surface area (Å²) in [4.78, 5) is 21.2. The van der Waals surface area contributed by atoms with Crippen LogP contribution in [0.5, 0.6) is 0 Å². The molecule has 0 aliphatic carbocycles. The number of carbonyl (C=O) groups is 1. The zero-order valence-corrected chi connectivity index (χ0v) is 15.0. The van der Waals surface area contributed by atoms with E-state index >= 15 is 0 Å². The van der Waals surface area contributed by atoms with Crippen LogP contribution in [-0.4, -0.2) is 59.1 Å². The molecule has 2 fully saturated rings. The van der Waals surface area contributed by atoms with Crippen molar-refractivity contribution in [1.29, 1.82) is 0 Å². The average molecular weight is 351 g/mol. The zero-order chi connectivity index (χ0) is 17.8. The number of pyridine rings is 1. The second-order valence-electron chi connectivity index (χ2n) is 7.08. The Labute approximate surface area is 154 Å². The molecule has 0 saturated carbocycles. The fourth-order valence-electron chi connectivity index (χ4n) is 3.85. The minimum atomic E-state index is 0.0356. The van der Waals surface area contributed by atoms with Crippen LogP contribution in [0, 0.1) is 0 Å². The maximum Gasteiger partial charge on any atom is 0.272 e. The molecule has 136 valence electrons. The van der Waals surface area contributed by atoms with Gasteiger partial charge in [0.05, 0.1) is 0 Å². The lowest BCUT2D eigenvalue weighted by atomic mass is 9.98. The average Bonchev–Trinajstić information content (AvgIpc) is 2.68. The van der Waals surface area contributed by atoms with Crippen LogP contribution in [-0.2, 0) is 11.3 Å². The summed E-state index contributed by atoms with van der Waals surface area (Å²) < 4.78 is 5.55. The van der Waals surface area contributed by atoms with Gasteiger partial charge in [0.25, 0.3) is 5.91 Å². The predicted molar refractivity (Wildman–Crippen MR) is 99.8 cm³/mol. The van der Waals surface area contributed by atoms with Crippen molar-refractivity contribution in [3.63, 3.8) is 0 Å². The Hall–Kier alpha value is -2.24. The monoisotopic (exact) mass is 351 g/mol. The van der Waals surface area contributed by atoms with Gasteiger partial charge < -0.3 is 9.64 Å². The molecule has 26 heavy (non-hydrogen) atoms. The highest BCUT2D eigenvalue weighted by atomic mass is 16.5. The van der Waals surface area contributed by atoms with Crippen molar-refractivity contribution in [3.05, 3.63) is 66.0 Å². The number of rotatable bonds is 5.